The molecule has 1 amide bonds. The van der Waals surface area contributed by atoms with Crippen molar-refractivity contribution in [3.05, 3.63) is 0 Å². The van der Waals surface area contributed by atoms with E-state index in [4.69, 9.17) is 16.3 Å². The van der Waals surface area contributed by atoms with Crippen LogP contribution >= 0.6 is 0 Å². The summed E-state index contributed by atoms with van der Waals surface area (Å²) in [7, 11) is 0. The predicted molar refractivity (Wildman–Crippen MR) is 62.4 cm³/mol. The zero-order valence-corrected chi connectivity index (χ0v) is 9.98. The number of nitrogens with two attached hydrogens (primary N) is 1. The number of hydrogen-bond donors (Lipinski definition) is 1. The van der Waals surface area contributed by atoms with E-state index in [1.54, 1.807) is 0 Å². The van der Waals surface area contributed by atoms with Gasteiger partial charge in [-0.15, -0.1) is 0 Å². The SMILES string of the molecule is N#CCN(CC#N)C(=O)C1(CN)CCCCC1. The van der Waals surface area contributed by atoms with Gasteiger partial charge in [-0.05, 0) is 12.8 Å². The average Bonchev–Trinajstić information content (AvgIpc) is 2.38. The van der Waals surface area contributed by atoms with Crippen molar-refractivity contribution in [3.8, 4) is 12.1 Å². The average molecular weight is 234 g/mol. The van der Waals surface area contributed by atoms with Crippen molar-refractivity contribution < 1.29 is 4.79 Å². The fourth-order valence-electron chi connectivity index (χ4n) is 2.44. The number of hydrogen-bond acceptors (Lipinski definition) is 4. The molecule has 0 bridgehead atoms. The van der Waals surface area contributed by atoms with Crippen LogP contribution in [-0.4, -0.2) is 30.4 Å². The van der Waals surface area contributed by atoms with Gasteiger partial charge in [0.05, 0.1) is 17.6 Å². The molecule has 0 saturated heterocycles. The quantitative estimate of drug-likeness (QED) is 0.727. The van der Waals surface area contributed by atoms with Crippen LogP contribution < -0.4 is 5.73 Å². The molecule has 0 unspecified atom stereocenters. The maximum absolute atomic E-state index is 12.4. The zero-order chi connectivity index (χ0) is 12.7. The number of carbonyl (C=O) groups is 1. The van der Waals surface area contributed by atoms with E-state index in [9.17, 15) is 4.79 Å². The Labute approximate surface area is 102 Å². The Bertz CT molecular complexity index is 330. The maximum atomic E-state index is 12.4. The van der Waals surface area contributed by atoms with Gasteiger partial charge in [0.1, 0.15) is 13.1 Å². The van der Waals surface area contributed by atoms with Gasteiger partial charge in [0.15, 0.2) is 0 Å². The molecule has 0 heterocycles. The summed E-state index contributed by atoms with van der Waals surface area (Å²) >= 11 is 0. The lowest BCUT2D eigenvalue weighted by atomic mass is 9.73. The van der Waals surface area contributed by atoms with Gasteiger partial charge in [-0.3, -0.25) is 4.79 Å². The molecule has 0 spiro atoms. The molecule has 1 aliphatic carbocycles. The molecule has 92 valence electrons. The fourth-order valence-corrected chi connectivity index (χ4v) is 2.44. The summed E-state index contributed by atoms with van der Waals surface area (Å²) in [5.74, 6) is -0.122. The van der Waals surface area contributed by atoms with E-state index in [-0.39, 0.29) is 19.0 Å². The molecule has 0 radical (unpaired) electrons. The third kappa shape index (κ3) is 2.95. The molecule has 1 aliphatic rings. The lowest BCUT2D eigenvalue weighted by molar-refractivity contribution is -0.142. The molecule has 0 aromatic heterocycles. The summed E-state index contributed by atoms with van der Waals surface area (Å²) < 4.78 is 0. The van der Waals surface area contributed by atoms with Crippen LogP contribution in [0.5, 0.6) is 0 Å². The third-order valence-corrected chi connectivity index (χ3v) is 3.47. The summed E-state index contributed by atoms with van der Waals surface area (Å²) in [6, 6.07) is 3.85. The van der Waals surface area contributed by atoms with Gasteiger partial charge in [0, 0.05) is 6.54 Å². The van der Waals surface area contributed by atoms with E-state index >= 15 is 0 Å². The second-order valence-electron chi connectivity index (χ2n) is 4.52. The van der Waals surface area contributed by atoms with Gasteiger partial charge in [-0.2, -0.15) is 10.5 Å². The molecular weight excluding hydrogens is 216 g/mol. The lowest BCUT2D eigenvalue weighted by Gasteiger charge is -2.37. The highest BCUT2D eigenvalue weighted by Crippen LogP contribution is 2.37. The summed E-state index contributed by atoms with van der Waals surface area (Å²) in [4.78, 5) is 13.7. The first-order valence-corrected chi connectivity index (χ1v) is 5.93. The van der Waals surface area contributed by atoms with Crippen LogP contribution in [0.1, 0.15) is 32.1 Å². The molecule has 0 aliphatic heterocycles. The molecule has 2 N–H and O–H groups in total. The number of rotatable bonds is 4. The Balaban J connectivity index is 2.83. The van der Waals surface area contributed by atoms with Crippen LogP contribution in [0, 0.1) is 28.1 Å². The van der Waals surface area contributed by atoms with Crippen molar-refractivity contribution in [2.24, 2.45) is 11.1 Å². The van der Waals surface area contributed by atoms with E-state index in [2.05, 4.69) is 0 Å². The largest absolute Gasteiger partial charge is 0.329 e. The normalized spacial score (nSPS) is 17.8. The maximum Gasteiger partial charge on any atom is 0.231 e. The van der Waals surface area contributed by atoms with Crippen LogP contribution in [0.25, 0.3) is 0 Å². The second kappa shape index (κ2) is 6.22. The highest BCUT2D eigenvalue weighted by Gasteiger charge is 2.40. The van der Waals surface area contributed by atoms with Gasteiger partial charge >= 0.3 is 0 Å². The number of amides is 1. The van der Waals surface area contributed by atoms with E-state index < -0.39 is 5.41 Å². The molecule has 0 aromatic carbocycles. The van der Waals surface area contributed by atoms with Crippen molar-refractivity contribution in [2.45, 2.75) is 32.1 Å². The molecular formula is C12H18N4O. The van der Waals surface area contributed by atoms with Gasteiger partial charge < -0.3 is 10.6 Å². The van der Waals surface area contributed by atoms with Crippen molar-refractivity contribution in [1.29, 1.82) is 10.5 Å². The van der Waals surface area contributed by atoms with Crippen LogP contribution in [0.15, 0.2) is 0 Å². The number of nitriles is 2. The fraction of sp³-hybridized carbons (Fsp3) is 0.750. The molecule has 1 fully saturated rings. The number of carbonyl (C=O) groups excluding carboxylic acids is 1. The Morgan fingerprint density at radius 1 is 1.18 bits per heavy atom. The smallest absolute Gasteiger partial charge is 0.231 e. The summed E-state index contributed by atoms with van der Waals surface area (Å²) in [5, 5.41) is 17.4. The molecule has 5 heteroatoms. The minimum atomic E-state index is -0.536. The third-order valence-electron chi connectivity index (χ3n) is 3.47. The predicted octanol–water partition coefficient (Wildman–Crippen LogP) is 0.771. The molecule has 1 rings (SSSR count). The highest BCUT2D eigenvalue weighted by atomic mass is 16.2. The van der Waals surface area contributed by atoms with Crippen LogP contribution in [0.2, 0.25) is 0 Å². The standard InChI is InChI=1S/C12H18N4O/c13-6-8-16(9-7-14)11(17)12(10-15)4-2-1-3-5-12/h1-5,8-10,15H2. The van der Waals surface area contributed by atoms with E-state index in [0.717, 1.165) is 32.1 Å². The molecule has 1 saturated carbocycles. The van der Waals surface area contributed by atoms with E-state index in [1.165, 1.54) is 4.90 Å². The lowest BCUT2D eigenvalue weighted by Crippen LogP contribution is -2.49. The molecule has 0 atom stereocenters. The van der Waals surface area contributed by atoms with Crippen LogP contribution in [0.4, 0.5) is 0 Å². The van der Waals surface area contributed by atoms with Gasteiger partial charge in [-0.1, -0.05) is 19.3 Å². The minimum absolute atomic E-state index is 0.0336. The van der Waals surface area contributed by atoms with Crippen molar-refractivity contribution >= 4 is 5.91 Å². The Morgan fingerprint density at radius 2 is 1.71 bits per heavy atom. The molecule has 0 aromatic rings. The summed E-state index contributed by atoms with van der Waals surface area (Å²) in [6.07, 6.45) is 4.67. The summed E-state index contributed by atoms with van der Waals surface area (Å²) in [6.45, 7) is 0.238. The van der Waals surface area contributed by atoms with Crippen molar-refractivity contribution in [3.63, 3.8) is 0 Å². The van der Waals surface area contributed by atoms with Crippen LogP contribution in [-0.2, 0) is 4.79 Å². The number of nitrogens with zero attached hydrogens (tertiary/aromatic N) is 3. The minimum Gasteiger partial charge on any atom is -0.329 e. The topological polar surface area (TPSA) is 93.9 Å². The van der Waals surface area contributed by atoms with Gasteiger partial charge in [0.25, 0.3) is 0 Å². The molecule has 5 nitrogen and oxygen atoms in total. The first-order valence-electron chi connectivity index (χ1n) is 5.93. The van der Waals surface area contributed by atoms with E-state index in [0.29, 0.717) is 6.54 Å². The highest BCUT2D eigenvalue weighted by molar-refractivity contribution is 5.83. The monoisotopic (exact) mass is 234 g/mol. The zero-order valence-electron chi connectivity index (χ0n) is 9.98. The van der Waals surface area contributed by atoms with Gasteiger partial charge in [-0.25, -0.2) is 0 Å². The second-order valence-corrected chi connectivity index (χ2v) is 4.52. The van der Waals surface area contributed by atoms with Crippen molar-refractivity contribution in [2.75, 3.05) is 19.6 Å². The first kappa shape index (κ1) is 13.5. The van der Waals surface area contributed by atoms with Crippen LogP contribution in [0.3, 0.4) is 0 Å². The first-order chi connectivity index (χ1) is 8.20. The van der Waals surface area contributed by atoms with Gasteiger partial charge in [0.2, 0.25) is 5.91 Å². The Hall–Kier alpha value is -1.59. The van der Waals surface area contributed by atoms with Crippen molar-refractivity contribution in [1.82, 2.24) is 4.90 Å². The Kier molecular flexibility index (Phi) is 4.93. The molecule has 17 heavy (non-hydrogen) atoms. The van der Waals surface area contributed by atoms with E-state index in [1.807, 2.05) is 12.1 Å². The Morgan fingerprint density at radius 3 is 2.12 bits per heavy atom. The summed E-state index contributed by atoms with van der Waals surface area (Å²) in [5.41, 5.74) is 5.22.